The topological polar surface area (TPSA) is 29.3 Å². The van der Waals surface area contributed by atoms with Gasteiger partial charge < -0.3 is 5.73 Å². The van der Waals surface area contributed by atoms with Crippen molar-refractivity contribution in [3.05, 3.63) is 28.2 Å². The monoisotopic (exact) mass is 296 g/mol. The summed E-state index contributed by atoms with van der Waals surface area (Å²) in [7, 11) is 0. The average molecular weight is 297 g/mol. The number of likely N-dealkylation sites (tertiary alicyclic amines) is 1. The molecule has 94 valence electrons. The molecule has 0 bridgehead atoms. The maximum Gasteiger partial charge on any atom is 0.0371 e. The first-order valence-corrected chi connectivity index (χ1v) is 7.20. The van der Waals surface area contributed by atoms with Gasteiger partial charge in [-0.25, -0.2) is 0 Å². The quantitative estimate of drug-likeness (QED) is 0.860. The second-order valence-corrected chi connectivity index (χ2v) is 5.92. The molecule has 1 heterocycles. The molecule has 2 rings (SSSR count). The Morgan fingerprint density at radius 2 is 2.18 bits per heavy atom. The van der Waals surface area contributed by atoms with Crippen molar-refractivity contribution < 1.29 is 0 Å². The maximum absolute atomic E-state index is 6.08. The standard InChI is InChI=1S/C14H21BrN2/c1-3-13-7-4-10(2)17(13)9-11-5-6-12(15)8-14(11)16/h5-6,8,10,13H,3-4,7,9,16H2,1-2H3. The minimum absolute atomic E-state index is 0.683. The molecule has 1 aliphatic heterocycles. The van der Waals surface area contributed by atoms with Crippen LogP contribution >= 0.6 is 15.9 Å². The van der Waals surface area contributed by atoms with Gasteiger partial charge in [0, 0.05) is 28.8 Å². The van der Waals surface area contributed by atoms with Crippen molar-refractivity contribution in [3.63, 3.8) is 0 Å². The van der Waals surface area contributed by atoms with Crippen molar-refractivity contribution >= 4 is 21.6 Å². The lowest BCUT2D eigenvalue weighted by Gasteiger charge is -2.28. The molecule has 2 nitrogen and oxygen atoms in total. The smallest absolute Gasteiger partial charge is 0.0371 e. The number of nitrogens with zero attached hydrogens (tertiary/aromatic N) is 1. The summed E-state index contributed by atoms with van der Waals surface area (Å²) in [6.45, 7) is 5.59. The molecule has 1 saturated heterocycles. The molecule has 0 saturated carbocycles. The third kappa shape index (κ3) is 2.83. The predicted octanol–water partition coefficient (Wildman–Crippen LogP) is 3.79. The number of nitrogen functional groups attached to an aromatic ring is 1. The van der Waals surface area contributed by atoms with E-state index in [9.17, 15) is 0 Å². The lowest BCUT2D eigenvalue weighted by molar-refractivity contribution is 0.190. The first-order valence-electron chi connectivity index (χ1n) is 6.41. The van der Waals surface area contributed by atoms with Crippen LogP contribution in [0.2, 0.25) is 0 Å². The van der Waals surface area contributed by atoms with Gasteiger partial charge in [-0.15, -0.1) is 0 Å². The number of anilines is 1. The summed E-state index contributed by atoms with van der Waals surface area (Å²) in [4.78, 5) is 2.60. The van der Waals surface area contributed by atoms with E-state index in [4.69, 9.17) is 5.73 Å². The highest BCUT2D eigenvalue weighted by molar-refractivity contribution is 9.10. The molecular weight excluding hydrogens is 276 g/mol. The zero-order chi connectivity index (χ0) is 12.4. The van der Waals surface area contributed by atoms with Crippen LogP contribution in [0, 0.1) is 0 Å². The van der Waals surface area contributed by atoms with Gasteiger partial charge >= 0.3 is 0 Å². The average Bonchev–Trinajstić information content (AvgIpc) is 2.64. The molecule has 17 heavy (non-hydrogen) atoms. The fourth-order valence-electron chi connectivity index (χ4n) is 2.76. The van der Waals surface area contributed by atoms with Crippen molar-refractivity contribution in [2.75, 3.05) is 5.73 Å². The van der Waals surface area contributed by atoms with Crippen LogP contribution < -0.4 is 5.73 Å². The second-order valence-electron chi connectivity index (χ2n) is 5.00. The summed E-state index contributed by atoms with van der Waals surface area (Å²) >= 11 is 3.45. The Labute approximate surface area is 112 Å². The third-order valence-electron chi connectivity index (χ3n) is 3.88. The van der Waals surface area contributed by atoms with Gasteiger partial charge in [-0.2, -0.15) is 0 Å². The van der Waals surface area contributed by atoms with Crippen LogP contribution in [0.5, 0.6) is 0 Å². The van der Waals surface area contributed by atoms with Crippen LogP contribution in [0.25, 0.3) is 0 Å². The molecule has 2 N–H and O–H groups in total. The van der Waals surface area contributed by atoms with E-state index in [-0.39, 0.29) is 0 Å². The summed E-state index contributed by atoms with van der Waals surface area (Å²) in [6, 6.07) is 7.62. The Balaban J connectivity index is 2.14. The number of benzene rings is 1. The molecule has 3 heteroatoms. The maximum atomic E-state index is 6.08. The Morgan fingerprint density at radius 3 is 2.82 bits per heavy atom. The van der Waals surface area contributed by atoms with Crippen molar-refractivity contribution in [2.45, 2.75) is 51.7 Å². The minimum Gasteiger partial charge on any atom is -0.398 e. The van der Waals surface area contributed by atoms with Crippen LogP contribution in [-0.2, 0) is 6.54 Å². The van der Waals surface area contributed by atoms with Crippen LogP contribution in [0.15, 0.2) is 22.7 Å². The zero-order valence-corrected chi connectivity index (χ0v) is 12.2. The van der Waals surface area contributed by atoms with Crippen LogP contribution in [0.4, 0.5) is 5.69 Å². The van der Waals surface area contributed by atoms with E-state index >= 15 is 0 Å². The van der Waals surface area contributed by atoms with E-state index in [1.165, 1.54) is 24.8 Å². The van der Waals surface area contributed by atoms with Gasteiger partial charge in [0.15, 0.2) is 0 Å². The molecule has 2 unspecified atom stereocenters. The summed E-state index contributed by atoms with van der Waals surface area (Å²) in [5.74, 6) is 0. The van der Waals surface area contributed by atoms with Crippen molar-refractivity contribution in [1.82, 2.24) is 4.90 Å². The van der Waals surface area contributed by atoms with E-state index in [0.717, 1.165) is 22.7 Å². The van der Waals surface area contributed by atoms with Gasteiger partial charge in [0.05, 0.1) is 0 Å². The van der Waals surface area contributed by atoms with Gasteiger partial charge in [-0.05, 0) is 43.9 Å². The molecule has 1 fully saturated rings. The van der Waals surface area contributed by atoms with E-state index in [1.54, 1.807) is 0 Å². The largest absolute Gasteiger partial charge is 0.398 e. The Hall–Kier alpha value is -0.540. The Morgan fingerprint density at radius 1 is 1.41 bits per heavy atom. The van der Waals surface area contributed by atoms with Crippen molar-refractivity contribution in [2.24, 2.45) is 0 Å². The molecule has 0 aromatic heterocycles. The number of hydrogen-bond donors (Lipinski definition) is 1. The molecule has 0 spiro atoms. The lowest BCUT2D eigenvalue weighted by Crippen LogP contribution is -2.33. The molecule has 0 aliphatic carbocycles. The molecule has 1 aliphatic rings. The molecule has 1 aromatic carbocycles. The number of hydrogen-bond acceptors (Lipinski definition) is 2. The summed E-state index contributed by atoms with van der Waals surface area (Å²) < 4.78 is 1.06. The zero-order valence-electron chi connectivity index (χ0n) is 10.6. The van der Waals surface area contributed by atoms with Gasteiger partial charge in [0.2, 0.25) is 0 Å². The van der Waals surface area contributed by atoms with Crippen LogP contribution in [0.1, 0.15) is 38.7 Å². The number of rotatable bonds is 3. The first kappa shape index (κ1) is 12.9. The van der Waals surface area contributed by atoms with Gasteiger partial charge in [0.25, 0.3) is 0 Å². The normalized spacial score (nSPS) is 25.4. The van der Waals surface area contributed by atoms with Gasteiger partial charge in [-0.1, -0.05) is 28.9 Å². The minimum atomic E-state index is 0.683. The van der Waals surface area contributed by atoms with Crippen molar-refractivity contribution in [1.29, 1.82) is 0 Å². The van der Waals surface area contributed by atoms with Gasteiger partial charge in [0.1, 0.15) is 0 Å². The SMILES string of the molecule is CCC1CCC(C)N1Cc1ccc(Br)cc1N. The highest BCUT2D eigenvalue weighted by Crippen LogP contribution is 2.29. The van der Waals surface area contributed by atoms with E-state index < -0.39 is 0 Å². The van der Waals surface area contributed by atoms with E-state index in [1.807, 2.05) is 6.07 Å². The third-order valence-corrected chi connectivity index (χ3v) is 4.38. The fourth-order valence-corrected chi connectivity index (χ4v) is 3.13. The van der Waals surface area contributed by atoms with E-state index in [2.05, 4.69) is 46.8 Å². The van der Waals surface area contributed by atoms with Crippen molar-refractivity contribution in [3.8, 4) is 0 Å². The van der Waals surface area contributed by atoms with Gasteiger partial charge in [-0.3, -0.25) is 4.90 Å². The first-order chi connectivity index (χ1) is 8.11. The fraction of sp³-hybridized carbons (Fsp3) is 0.571. The predicted molar refractivity (Wildman–Crippen MR) is 76.9 cm³/mol. The molecule has 2 atom stereocenters. The molecule has 0 amide bonds. The Bertz CT molecular complexity index is 392. The lowest BCUT2D eigenvalue weighted by atomic mass is 10.1. The summed E-state index contributed by atoms with van der Waals surface area (Å²) in [6.07, 6.45) is 3.88. The molecule has 1 aromatic rings. The highest BCUT2D eigenvalue weighted by atomic mass is 79.9. The highest BCUT2D eigenvalue weighted by Gasteiger charge is 2.29. The van der Waals surface area contributed by atoms with E-state index in [0.29, 0.717) is 6.04 Å². The molecule has 0 radical (unpaired) electrons. The second kappa shape index (κ2) is 5.40. The van der Waals surface area contributed by atoms with Crippen LogP contribution in [0.3, 0.4) is 0 Å². The number of halogens is 1. The molecular formula is C14H21BrN2. The summed E-state index contributed by atoms with van der Waals surface area (Å²) in [5, 5.41) is 0. The van der Waals surface area contributed by atoms with Crippen LogP contribution in [-0.4, -0.2) is 17.0 Å². The Kier molecular flexibility index (Phi) is 4.10. The number of nitrogens with two attached hydrogens (primary N) is 1. The summed E-state index contributed by atoms with van der Waals surface area (Å²) in [5.41, 5.74) is 8.22.